The van der Waals surface area contributed by atoms with Gasteiger partial charge in [0.2, 0.25) is 5.91 Å². The van der Waals surface area contributed by atoms with Gasteiger partial charge in [-0.25, -0.2) is 0 Å². The van der Waals surface area contributed by atoms with Crippen LogP contribution in [0.2, 0.25) is 0 Å². The summed E-state index contributed by atoms with van der Waals surface area (Å²) >= 11 is 0. The second-order valence-electron chi connectivity index (χ2n) is 7.20. The van der Waals surface area contributed by atoms with Crippen molar-refractivity contribution in [1.29, 1.82) is 0 Å². The molecule has 4 aliphatic rings. The Labute approximate surface area is 119 Å². The quantitative estimate of drug-likeness (QED) is 0.646. The summed E-state index contributed by atoms with van der Waals surface area (Å²) in [7, 11) is 0. The van der Waals surface area contributed by atoms with Crippen LogP contribution in [-0.4, -0.2) is 69.8 Å². The van der Waals surface area contributed by atoms with Crippen LogP contribution in [0.15, 0.2) is 0 Å². The molecule has 4 rings (SSSR count). The summed E-state index contributed by atoms with van der Waals surface area (Å²) in [6, 6.07) is 0.700. The maximum atomic E-state index is 12.2. The Kier molecular flexibility index (Phi) is 3.05. The van der Waals surface area contributed by atoms with Crippen LogP contribution in [0.4, 0.5) is 0 Å². The van der Waals surface area contributed by atoms with E-state index in [9.17, 15) is 15.0 Å². The van der Waals surface area contributed by atoms with Crippen LogP contribution in [0.1, 0.15) is 32.1 Å². The maximum Gasteiger partial charge on any atom is 0.225 e. The number of rotatable bonds is 0. The fourth-order valence-corrected chi connectivity index (χ4v) is 5.07. The van der Waals surface area contributed by atoms with E-state index in [1.807, 2.05) is 4.90 Å². The average Bonchev–Trinajstić information content (AvgIpc) is 2.41. The highest BCUT2D eigenvalue weighted by Crippen LogP contribution is 2.43. The van der Waals surface area contributed by atoms with E-state index in [4.69, 9.17) is 0 Å². The zero-order chi connectivity index (χ0) is 13.9. The van der Waals surface area contributed by atoms with Gasteiger partial charge in [0.15, 0.2) is 0 Å². The molecule has 4 heterocycles. The third kappa shape index (κ3) is 1.98. The highest BCUT2D eigenvalue weighted by Gasteiger charge is 2.50. The molecule has 5 heteroatoms. The molecule has 0 aromatic carbocycles. The number of hydrogen-bond donors (Lipinski definition) is 2. The number of amides is 1. The number of piperidine rings is 4. The minimum Gasteiger partial charge on any atom is -0.393 e. The van der Waals surface area contributed by atoms with E-state index in [1.54, 1.807) is 0 Å². The van der Waals surface area contributed by atoms with Crippen molar-refractivity contribution in [3.8, 4) is 0 Å². The van der Waals surface area contributed by atoms with Gasteiger partial charge >= 0.3 is 0 Å². The fourth-order valence-electron chi connectivity index (χ4n) is 5.07. The number of nitrogens with zero attached hydrogens (tertiary/aromatic N) is 2. The lowest BCUT2D eigenvalue weighted by atomic mass is 9.70. The van der Waals surface area contributed by atoms with E-state index in [0.717, 1.165) is 45.3 Å². The number of aliphatic hydroxyl groups excluding tert-OH is 2. The summed E-state index contributed by atoms with van der Waals surface area (Å²) in [4.78, 5) is 16.8. The molecule has 2 bridgehead atoms. The summed E-state index contributed by atoms with van der Waals surface area (Å²) in [6.45, 7) is 2.86. The van der Waals surface area contributed by atoms with Gasteiger partial charge < -0.3 is 15.1 Å². The van der Waals surface area contributed by atoms with Crippen molar-refractivity contribution in [1.82, 2.24) is 9.80 Å². The topological polar surface area (TPSA) is 64.0 Å². The molecule has 6 atom stereocenters. The first-order valence-corrected chi connectivity index (χ1v) is 8.01. The summed E-state index contributed by atoms with van der Waals surface area (Å²) < 4.78 is 0. The molecule has 0 aromatic rings. The number of fused-ring (bicyclic) bond motifs is 6. The molecule has 0 aromatic heterocycles. The summed E-state index contributed by atoms with van der Waals surface area (Å²) in [5, 5.41) is 19.8. The van der Waals surface area contributed by atoms with E-state index in [1.165, 1.54) is 0 Å². The number of carbonyl (C=O) groups is 1. The standard InChI is InChI=1S/C15H24N2O3/c18-11-1-2-16-7-9-3-10(13(16)4-11)8-17-14(9)5-12(19)6-15(17)20/h9-14,18-19H,1-8H2/t9-,10-,11+,12+,13+,14-/m1/s1. The Morgan fingerprint density at radius 2 is 1.70 bits per heavy atom. The molecule has 1 amide bonds. The van der Waals surface area contributed by atoms with Gasteiger partial charge in [-0.2, -0.15) is 0 Å². The van der Waals surface area contributed by atoms with Crippen molar-refractivity contribution in [2.75, 3.05) is 19.6 Å². The molecular formula is C15H24N2O3. The number of carbonyl (C=O) groups excluding carboxylic acids is 1. The van der Waals surface area contributed by atoms with Crippen LogP contribution in [0.3, 0.4) is 0 Å². The Bertz CT molecular complexity index is 416. The smallest absolute Gasteiger partial charge is 0.225 e. The molecule has 112 valence electrons. The summed E-state index contributed by atoms with van der Waals surface area (Å²) in [5.41, 5.74) is 0. The van der Waals surface area contributed by atoms with Crippen molar-refractivity contribution in [2.45, 2.75) is 56.4 Å². The normalized spacial score (nSPS) is 48.7. The van der Waals surface area contributed by atoms with Gasteiger partial charge in [-0.1, -0.05) is 0 Å². The van der Waals surface area contributed by atoms with Gasteiger partial charge in [0, 0.05) is 31.7 Å². The van der Waals surface area contributed by atoms with Crippen LogP contribution in [0.5, 0.6) is 0 Å². The lowest BCUT2D eigenvalue weighted by Crippen LogP contribution is -2.66. The first-order chi connectivity index (χ1) is 9.61. The van der Waals surface area contributed by atoms with Gasteiger partial charge in [0.25, 0.3) is 0 Å². The molecule has 4 aliphatic heterocycles. The molecule has 20 heavy (non-hydrogen) atoms. The average molecular weight is 280 g/mol. The van der Waals surface area contributed by atoms with Crippen LogP contribution in [-0.2, 0) is 4.79 Å². The molecule has 2 N–H and O–H groups in total. The van der Waals surface area contributed by atoms with E-state index >= 15 is 0 Å². The highest BCUT2D eigenvalue weighted by molar-refractivity contribution is 5.78. The fraction of sp³-hybridized carbons (Fsp3) is 0.933. The predicted molar refractivity (Wildman–Crippen MR) is 72.9 cm³/mol. The van der Waals surface area contributed by atoms with Crippen molar-refractivity contribution >= 4 is 5.91 Å². The van der Waals surface area contributed by atoms with E-state index in [-0.39, 0.29) is 18.1 Å². The third-order valence-electron chi connectivity index (χ3n) is 5.97. The Morgan fingerprint density at radius 1 is 0.950 bits per heavy atom. The molecular weight excluding hydrogens is 256 g/mol. The maximum absolute atomic E-state index is 12.2. The van der Waals surface area contributed by atoms with Gasteiger partial charge in [0.1, 0.15) is 0 Å². The molecule has 0 saturated carbocycles. The Morgan fingerprint density at radius 3 is 2.55 bits per heavy atom. The van der Waals surface area contributed by atoms with Crippen LogP contribution in [0, 0.1) is 11.8 Å². The summed E-state index contributed by atoms with van der Waals surface area (Å²) in [6.07, 6.45) is 3.36. The molecule has 5 nitrogen and oxygen atoms in total. The van der Waals surface area contributed by atoms with Crippen molar-refractivity contribution in [2.24, 2.45) is 11.8 Å². The molecule has 0 aliphatic carbocycles. The minimum atomic E-state index is -0.443. The van der Waals surface area contributed by atoms with Crippen LogP contribution in [0.25, 0.3) is 0 Å². The van der Waals surface area contributed by atoms with Crippen molar-refractivity contribution < 1.29 is 15.0 Å². The number of aliphatic hydroxyl groups is 2. The minimum absolute atomic E-state index is 0.133. The highest BCUT2D eigenvalue weighted by atomic mass is 16.3. The summed E-state index contributed by atoms with van der Waals surface area (Å²) in [5.74, 6) is 1.16. The van der Waals surface area contributed by atoms with Crippen molar-refractivity contribution in [3.05, 3.63) is 0 Å². The number of hydrogen-bond acceptors (Lipinski definition) is 4. The Balaban J connectivity index is 1.57. The van der Waals surface area contributed by atoms with Crippen LogP contribution < -0.4 is 0 Å². The van der Waals surface area contributed by atoms with E-state index in [0.29, 0.717) is 24.3 Å². The lowest BCUT2D eigenvalue weighted by Gasteiger charge is -2.57. The monoisotopic (exact) mass is 280 g/mol. The van der Waals surface area contributed by atoms with Gasteiger partial charge in [0.05, 0.1) is 18.6 Å². The first kappa shape index (κ1) is 13.0. The van der Waals surface area contributed by atoms with E-state index in [2.05, 4.69) is 4.90 Å². The second kappa shape index (κ2) is 4.68. The van der Waals surface area contributed by atoms with Gasteiger partial charge in [-0.3, -0.25) is 9.69 Å². The van der Waals surface area contributed by atoms with Gasteiger partial charge in [-0.15, -0.1) is 0 Å². The van der Waals surface area contributed by atoms with Crippen molar-refractivity contribution in [3.63, 3.8) is 0 Å². The zero-order valence-electron chi connectivity index (χ0n) is 11.8. The zero-order valence-corrected chi connectivity index (χ0v) is 11.8. The Hall–Kier alpha value is -0.650. The SMILES string of the molecule is O=C1C[C@@H](O)C[C@@H]2[C@@H]3C[C@H](CN12)[C@@H]1C[C@@H](O)CCN1C3. The molecule has 4 fully saturated rings. The first-order valence-electron chi connectivity index (χ1n) is 8.01. The molecule has 0 spiro atoms. The second-order valence-corrected chi connectivity index (χ2v) is 7.20. The lowest BCUT2D eigenvalue weighted by molar-refractivity contribution is -0.156. The molecule has 4 saturated heterocycles. The molecule has 0 radical (unpaired) electrons. The third-order valence-corrected chi connectivity index (χ3v) is 5.97. The predicted octanol–water partition coefficient (Wildman–Crippen LogP) is -0.187. The molecule has 0 unspecified atom stereocenters. The largest absolute Gasteiger partial charge is 0.393 e. The van der Waals surface area contributed by atoms with Gasteiger partial charge in [-0.05, 0) is 37.5 Å². The van der Waals surface area contributed by atoms with E-state index < -0.39 is 6.10 Å². The van der Waals surface area contributed by atoms with Crippen LogP contribution >= 0.6 is 0 Å².